The fraction of sp³-hybridized carbons (Fsp3) is 0.314. The summed E-state index contributed by atoms with van der Waals surface area (Å²) in [5.74, 6) is 0.465. The molecule has 1 saturated heterocycles. The minimum atomic E-state index is -1.35. The lowest BCUT2D eigenvalue weighted by Gasteiger charge is -2.41. The van der Waals surface area contributed by atoms with Crippen molar-refractivity contribution in [2.75, 3.05) is 38.2 Å². The number of methoxy groups -OCH3 is 1. The van der Waals surface area contributed by atoms with Crippen molar-refractivity contribution in [1.82, 2.24) is 4.90 Å². The number of piperazine rings is 1. The van der Waals surface area contributed by atoms with Gasteiger partial charge in [0.25, 0.3) is 0 Å². The Morgan fingerprint density at radius 3 is 2.25 bits per heavy atom. The Hall–Kier alpha value is -4.30. The van der Waals surface area contributed by atoms with E-state index >= 15 is 0 Å². The molecule has 1 unspecified atom stereocenters. The maximum Gasteiger partial charge on any atom is 0.243 e. The van der Waals surface area contributed by atoms with Crippen LogP contribution in [-0.4, -0.2) is 44.1 Å². The van der Waals surface area contributed by atoms with Crippen molar-refractivity contribution in [2.45, 2.75) is 32.6 Å². The molecule has 1 fully saturated rings. The number of carbonyl (C=O) groups is 1. The molecule has 0 N–H and O–H groups in total. The van der Waals surface area contributed by atoms with Crippen LogP contribution in [0.5, 0.6) is 5.75 Å². The van der Waals surface area contributed by atoms with Crippen molar-refractivity contribution in [1.29, 1.82) is 5.26 Å². The number of amides is 1. The summed E-state index contributed by atoms with van der Waals surface area (Å²) in [5.41, 5.74) is 2.93. The van der Waals surface area contributed by atoms with E-state index in [1.54, 1.807) is 14.0 Å². The highest BCUT2D eigenvalue weighted by molar-refractivity contribution is 5.91. The molecule has 4 aromatic carbocycles. The molecule has 0 saturated carbocycles. The summed E-state index contributed by atoms with van der Waals surface area (Å²) in [6, 6.07) is 33.2. The van der Waals surface area contributed by atoms with Gasteiger partial charge in [-0.2, -0.15) is 5.26 Å². The molecule has 204 valence electrons. The standard InChI is InChI=1S/C35H37N3O2/c1-25(2)27-13-9-14-28(23-27)37-19-21-38(22-20-37)34(39)35(3,24-36)33(31-16-7-8-18-32(31)40-4)30-17-10-12-26-11-5-6-15-29(26)30/h5-18,23,25,33H,19-22H2,1-4H3/t33-,35?/m0/s1. The first kappa shape index (κ1) is 27.3. The number of fused-ring (bicyclic) bond motifs is 1. The van der Waals surface area contributed by atoms with Gasteiger partial charge in [0.15, 0.2) is 0 Å². The maximum absolute atomic E-state index is 14.4. The average molecular weight is 532 g/mol. The molecule has 2 atom stereocenters. The van der Waals surface area contributed by atoms with E-state index in [-0.39, 0.29) is 5.91 Å². The summed E-state index contributed by atoms with van der Waals surface area (Å²) >= 11 is 0. The van der Waals surface area contributed by atoms with Crippen molar-refractivity contribution in [2.24, 2.45) is 5.41 Å². The van der Waals surface area contributed by atoms with Crippen molar-refractivity contribution in [3.8, 4) is 11.8 Å². The maximum atomic E-state index is 14.4. The average Bonchev–Trinajstić information content (AvgIpc) is 3.01. The summed E-state index contributed by atoms with van der Waals surface area (Å²) < 4.78 is 5.77. The molecule has 0 aromatic heterocycles. The lowest BCUT2D eigenvalue weighted by atomic mass is 9.68. The third-order valence-corrected chi connectivity index (χ3v) is 8.31. The van der Waals surface area contributed by atoms with Gasteiger partial charge < -0.3 is 14.5 Å². The smallest absolute Gasteiger partial charge is 0.243 e. The van der Waals surface area contributed by atoms with Gasteiger partial charge in [-0.05, 0) is 52.9 Å². The highest BCUT2D eigenvalue weighted by Crippen LogP contribution is 2.47. The van der Waals surface area contributed by atoms with Crippen molar-refractivity contribution in [3.63, 3.8) is 0 Å². The normalized spacial score (nSPS) is 15.9. The fourth-order valence-corrected chi connectivity index (χ4v) is 6.01. The molecule has 0 spiro atoms. The molecule has 0 radical (unpaired) electrons. The number of nitriles is 1. The van der Waals surface area contributed by atoms with Gasteiger partial charge in [-0.3, -0.25) is 4.79 Å². The van der Waals surface area contributed by atoms with Crippen molar-refractivity contribution >= 4 is 22.4 Å². The van der Waals surface area contributed by atoms with E-state index in [4.69, 9.17) is 4.74 Å². The van der Waals surface area contributed by atoms with Gasteiger partial charge in [0, 0.05) is 43.3 Å². The molecule has 40 heavy (non-hydrogen) atoms. The van der Waals surface area contributed by atoms with Gasteiger partial charge in [0.2, 0.25) is 5.91 Å². The monoisotopic (exact) mass is 531 g/mol. The van der Waals surface area contributed by atoms with E-state index in [0.717, 1.165) is 35.0 Å². The lowest BCUT2D eigenvalue weighted by molar-refractivity contribution is -0.139. The van der Waals surface area contributed by atoms with E-state index in [0.29, 0.717) is 24.8 Å². The molecule has 1 aliphatic rings. The van der Waals surface area contributed by atoms with Crippen LogP contribution < -0.4 is 9.64 Å². The van der Waals surface area contributed by atoms with Gasteiger partial charge in [0.05, 0.1) is 13.2 Å². The molecule has 0 aliphatic carbocycles. The van der Waals surface area contributed by atoms with Gasteiger partial charge in [-0.15, -0.1) is 0 Å². The first-order chi connectivity index (χ1) is 19.4. The summed E-state index contributed by atoms with van der Waals surface area (Å²) in [5, 5.41) is 12.9. The molecule has 5 nitrogen and oxygen atoms in total. The molecule has 4 aromatic rings. The largest absolute Gasteiger partial charge is 0.496 e. The van der Waals surface area contributed by atoms with Crippen molar-refractivity contribution in [3.05, 3.63) is 108 Å². The van der Waals surface area contributed by atoms with Gasteiger partial charge in [0.1, 0.15) is 11.2 Å². The molecular formula is C35H37N3O2. The zero-order valence-corrected chi connectivity index (χ0v) is 23.8. The van der Waals surface area contributed by atoms with E-state index in [9.17, 15) is 10.1 Å². The second-order valence-corrected chi connectivity index (χ2v) is 11.1. The number of para-hydroxylation sites is 1. The van der Waals surface area contributed by atoms with Crippen LogP contribution in [0.1, 0.15) is 49.3 Å². The van der Waals surface area contributed by atoms with Crippen LogP contribution in [0.25, 0.3) is 10.8 Å². The quantitative estimate of drug-likeness (QED) is 0.258. The van der Waals surface area contributed by atoms with E-state index in [2.05, 4.69) is 67.3 Å². The van der Waals surface area contributed by atoms with Gasteiger partial charge in [-0.25, -0.2) is 0 Å². The Morgan fingerprint density at radius 2 is 1.52 bits per heavy atom. The Bertz CT molecular complexity index is 1540. The number of carbonyl (C=O) groups excluding carboxylic acids is 1. The number of ether oxygens (including phenoxy) is 1. The first-order valence-corrected chi connectivity index (χ1v) is 14.0. The Labute approximate surface area is 237 Å². The second kappa shape index (κ2) is 11.4. The van der Waals surface area contributed by atoms with Crippen LogP contribution in [0.15, 0.2) is 91.0 Å². The minimum Gasteiger partial charge on any atom is -0.496 e. The number of hydrogen-bond donors (Lipinski definition) is 0. The lowest BCUT2D eigenvalue weighted by Crippen LogP contribution is -2.53. The number of rotatable bonds is 7. The molecule has 1 amide bonds. The Balaban J connectivity index is 1.51. The van der Waals surface area contributed by atoms with E-state index < -0.39 is 11.3 Å². The van der Waals surface area contributed by atoms with Crippen LogP contribution in [0.2, 0.25) is 0 Å². The minimum absolute atomic E-state index is 0.144. The number of nitrogens with zero attached hydrogens (tertiary/aromatic N) is 3. The Morgan fingerprint density at radius 1 is 0.875 bits per heavy atom. The van der Waals surface area contributed by atoms with Crippen LogP contribution in [-0.2, 0) is 4.79 Å². The third kappa shape index (κ3) is 5.02. The Kier molecular flexibility index (Phi) is 7.80. The highest BCUT2D eigenvalue weighted by atomic mass is 16.5. The topological polar surface area (TPSA) is 56.6 Å². The van der Waals surface area contributed by atoms with Crippen molar-refractivity contribution < 1.29 is 9.53 Å². The van der Waals surface area contributed by atoms with E-state index in [1.807, 2.05) is 53.4 Å². The SMILES string of the molecule is COc1ccccc1[C@H](c1cccc2ccccc12)C(C)(C#N)C(=O)N1CCN(c2cccc(C(C)C)c2)CC1. The fourth-order valence-electron chi connectivity index (χ4n) is 6.01. The zero-order chi connectivity index (χ0) is 28.3. The van der Waals surface area contributed by atoms with Crippen LogP contribution >= 0.6 is 0 Å². The summed E-state index contributed by atoms with van der Waals surface area (Å²) in [7, 11) is 1.64. The summed E-state index contributed by atoms with van der Waals surface area (Å²) in [6.07, 6.45) is 0. The summed E-state index contributed by atoms with van der Waals surface area (Å²) in [6.45, 7) is 8.78. The highest BCUT2D eigenvalue weighted by Gasteiger charge is 2.47. The predicted molar refractivity (Wildman–Crippen MR) is 162 cm³/mol. The molecular weight excluding hydrogens is 494 g/mol. The zero-order valence-electron chi connectivity index (χ0n) is 23.8. The third-order valence-electron chi connectivity index (χ3n) is 8.31. The van der Waals surface area contributed by atoms with E-state index in [1.165, 1.54) is 11.3 Å². The molecule has 0 bridgehead atoms. The predicted octanol–water partition coefficient (Wildman–Crippen LogP) is 6.98. The number of benzene rings is 4. The van der Waals surface area contributed by atoms with Gasteiger partial charge >= 0.3 is 0 Å². The van der Waals surface area contributed by atoms with Crippen LogP contribution in [0, 0.1) is 16.7 Å². The number of hydrogen-bond acceptors (Lipinski definition) is 4. The second-order valence-electron chi connectivity index (χ2n) is 11.1. The molecule has 5 heteroatoms. The first-order valence-electron chi connectivity index (χ1n) is 14.0. The molecule has 5 rings (SSSR count). The van der Waals surface area contributed by atoms with Crippen LogP contribution in [0.4, 0.5) is 5.69 Å². The molecule has 1 heterocycles. The molecule has 1 aliphatic heterocycles. The summed E-state index contributed by atoms with van der Waals surface area (Å²) in [4.78, 5) is 18.6. The van der Waals surface area contributed by atoms with Crippen LogP contribution in [0.3, 0.4) is 0 Å². The van der Waals surface area contributed by atoms with Gasteiger partial charge in [-0.1, -0.05) is 86.6 Å². The number of anilines is 1.